The molecule has 3 aromatic heterocycles. The Bertz CT molecular complexity index is 1520. The van der Waals surface area contributed by atoms with Gasteiger partial charge in [-0.05, 0) is 19.2 Å². The number of benzene rings is 1. The number of aromatic nitrogens is 7. The molecule has 1 amide bonds. The van der Waals surface area contributed by atoms with Gasteiger partial charge >= 0.3 is 0 Å². The number of hydrogen-bond acceptors (Lipinski definition) is 12. The number of fused-ring (bicyclic) bond motifs is 1. The van der Waals surface area contributed by atoms with Gasteiger partial charge in [-0.15, -0.1) is 5.10 Å². The van der Waals surface area contributed by atoms with Crippen LogP contribution >= 0.6 is 0 Å². The van der Waals surface area contributed by atoms with Crippen LogP contribution in [0.2, 0.25) is 0 Å². The van der Waals surface area contributed by atoms with Crippen LogP contribution in [0.25, 0.3) is 28.4 Å². The fourth-order valence-corrected chi connectivity index (χ4v) is 4.80. The molecule has 15 heteroatoms. The number of methoxy groups -OCH3 is 1. The van der Waals surface area contributed by atoms with Crippen molar-refractivity contribution in [3.8, 4) is 23.0 Å². The maximum atomic E-state index is 12.2. The second-order valence-electron chi connectivity index (χ2n) is 9.58. The highest BCUT2D eigenvalue weighted by Gasteiger charge is 2.47. The van der Waals surface area contributed by atoms with Gasteiger partial charge in [-0.3, -0.25) is 9.36 Å². The Morgan fingerprint density at radius 3 is 2.77 bits per heavy atom. The van der Waals surface area contributed by atoms with Crippen LogP contribution in [0.3, 0.4) is 0 Å². The van der Waals surface area contributed by atoms with Gasteiger partial charge in [0, 0.05) is 25.7 Å². The number of aliphatic hydroxyl groups excluding tert-OH is 2. The highest BCUT2D eigenvalue weighted by Crippen LogP contribution is 2.33. The van der Waals surface area contributed by atoms with Crippen molar-refractivity contribution in [1.29, 1.82) is 0 Å². The summed E-state index contributed by atoms with van der Waals surface area (Å²) in [5.74, 6) is 0.819. The van der Waals surface area contributed by atoms with Crippen molar-refractivity contribution >= 4 is 22.9 Å². The first-order chi connectivity index (χ1) is 18.9. The zero-order chi connectivity index (χ0) is 27.3. The number of carbonyl (C=O) groups is 1. The van der Waals surface area contributed by atoms with E-state index in [9.17, 15) is 15.0 Å². The number of nitrogens with one attached hydrogen (secondary N) is 2. The van der Waals surface area contributed by atoms with Crippen molar-refractivity contribution in [3.63, 3.8) is 0 Å². The first kappa shape index (κ1) is 25.1. The Kier molecular flexibility index (Phi) is 6.34. The average molecular weight is 537 g/mol. The summed E-state index contributed by atoms with van der Waals surface area (Å²) in [6.45, 7) is 1.66. The molecule has 2 saturated heterocycles. The maximum absolute atomic E-state index is 12.2. The molecule has 0 spiro atoms. The third-order valence-corrected chi connectivity index (χ3v) is 6.90. The molecule has 0 radical (unpaired) electrons. The average Bonchev–Trinajstić information content (AvgIpc) is 3.66. The third-order valence-electron chi connectivity index (χ3n) is 6.90. The number of aliphatic hydroxyl groups is 2. The van der Waals surface area contributed by atoms with E-state index in [4.69, 9.17) is 14.5 Å². The number of carbonyl (C=O) groups excluding carboxylic acids is 1. The molecule has 4 N–H and O–H groups in total. The van der Waals surface area contributed by atoms with Gasteiger partial charge in [-0.25, -0.2) is 4.98 Å². The van der Waals surface area contributed by atoms with Gasteiger partial charge in [0.1, 0.15) is 23.7 Å². The first-order valence-corrected chi connectivity index (χ1v) is 12.4. The monoisotopic (exact) mass is 536 g/mol. The molecule has 39 heavy (non-hydrogen) atoms. The lowest BCUT2D eigenvalue weighted by molar-refractivity contribution is -0.137. The lowest BCUT2D eigenvalue weighted by Crippen LogP contribution is -2.52. The van der Waals surface area contributed by atoms with Gasteiger partial charge < -0.3 is 35.2 Å². The standard InChI is InChI=1S/C24H28N10O5/c1-25-22(37)19-17(35)18(36)23(39-19)33-11-26-16-20(27-13-8-32(2)9-13)28-24(29-21(16)33)34-10-15(30-31-34)12-5-4-6-14(7-12)38-3/h4-7,10-11,13,17-19,23,35-36H,8-9H2,1-3H3,(H,25,37)(H,27,28,29)/t17-,18+,19?,23?/m0/s1. The zero-order valence-electron chi connectivity index (χ0n) is 21.5. The van der Waals surface area contributed by atoms with Crippen LogP contribution < -0.4 is 15.4 Å². The molecule has 5 heterocycles. The Hall–Kier alpha value is -4.18. The Morgan fingerprint density at radius 1 is 1.21 bits per heavy atom. The van der Waals surface area contributed by atoms with E-state index in [0.717, 1.165) is 18.7 Å². The lowest BCUT2D eigenvalue weighted by Gasteiger charge is -2.36. The van der Waals surface area contributed by atoms with Crippen molar-refractivity contribution in [2.24, 2.45) is 0 Å². The number of imidazole rings is 1. The van der Waals surface area contributed by atoms with E-state index in [1.165, 1.54) is 22.6 Å². The Morgan fingerprint density at radius 2 is 2.03 bits per heavy atom. The molecular weight excluding hydrogens is 508 g/mol. The van der Waals surface area contributed by atoms with Gasteiger partial charge in [-0.2, -0.15) is 14.6 Å². The largest absolute Gasteiger partial charge is 0.497 e. The van der Waals surface area contributed by atoms with E-state index in [0.29, 0.717) is 28.4 Å². The fraction of sp³-hybridized carbons (Fsp3) is 0.417. The van der Waals surface area contributed by atoms with Gasteiger partial charge in [0.25, 0.3) is 11.9 Å². The fourth-order valence-electron chi connectivity index (χ4n) is 4.80. The van der Waals surface area contributed by atoms with Crippen LogP contribution in [-0.4, -0.2) is 114 Å². The van der Waals surface area contributed by atoms with Crippen molar-refractivity contribution in [3.05, 3.63) is 36.8 Å². The molecule has 6 rings (SSSR count). The summed E-state index contributed by atoms with van der Waals surface area (Å²) in [7, 11) is 5.05. The minimum atomic E-state index is -1.43. The first-order valence-electron chi connectivity index (χ1n) is 12.4. The van der Waals surface area contributed by atoms with Gasteiger partial charge in [0.2, 0.25) is 0 Å². The van der Waals surface area contributed by atoms with Crippen molar-refractivity contribution in [2.45, 2.75) is 30.6 Å². The molecule has 4 aromatic rings. The second-order valence-corrected chi connectivity index (χ2v) is 9.58. The van der Waals surface area contributed by atoms with Gasteiger partial charge in [0.05, 0.1) is 25.7 Å². The normalized spacial score (nSPS) is 23.6. The van der Waals surface area contributed by atoms with Crippen LogP contribution in [0.5, 0.6) is 5.75 Å². The van der Waals surface area contributed by atoms with Crippen LogP contribution in [-0.2, 0) is 9.53 Å². The summed E-state index contributed by atoms with van der Waals surface area (Å²) in [4.78, 5) is 28.2. The minimum absolute atomic E-state index is 0.155. The summed E-state index contributed by atoms with van der Waals surface area (Å²) in [5, 5.41) is 35.6. The number of anilines is 1. The van der Waals surface area contributed by atoms with Crippen LogP contribution in [0.4, 0.5) is 5.82 Å². The topological polar surface area (TPSA) is 178 Å². The third kappa shape index (κ3) is 4.44. The molecule has 2 unspecified atom stereocenters. The smallest absolute Gasteiger partial charge is 0.256 e. The molecule has 15 nitrogen and oxygen atoms in total. The van der Waals surface area contributed by atoms with E-state index in [1.54, 1.807) is 13.3 Å². The summed E-state index contributed by atoms with van der Waals surface area (Å²) in [5.41, 5.74) is 2.16. The summed E-state index contributed by atoms with van der Waals surface area (Å²) in [6, 6.07) is 7.60. The van der Waals surface area contributed by atoms with E-state index >= 15 is 0 Å². The summed E-state index contributed by atoms with van der Waals surface area (Å²) < 4.78 is 14.0. The molecule has 204 valence electrons. The molecule has 0 aliphatic carbocycles. The molecule has 2 fully saturated rings. The molecule has 2 aliphatic rings. The maximum Gasteiger partial charge on any atom is 0.256 e. The lowest BCUT2D eigenvalue weighted by atomic mass is 10.1. The van der Waals surface area contributed by atoms with Gasteiger partial charge in [0.15, 0.2) is 29.3 Å². The number of likely N-dealkylation sites (N-methyl/N-ethyl adjacent to an activating group) is 2. The number of hydrogen-bond donors (Lipinski definition) is 4. The molecule has 0 bridgehead atoms. The minimum Gasteiger partial charge on any atom is -0.497 e. The van der Waals surface area contributed by atoms with Crippen molar-refractivity contribution in [1.82, 2.24) is 44.7 Å². The van der Waals surface area contributed by atoms with Crippen LogP contribution in [0.15, 0.2) is 36.8 Å². The predicted octanol–water partition coefficient (Wildman–Crippen LogP) is -0.826. The van der Waals surface area contributed by atoms with Crippen molar-refractivity contribution < 1.29 is 24.5 Å². The Balaban J connectivity index is 1.41. The van der Waals surface area contributed by atoms with Crippen molar-refractivity contribution in [2.75, 3.05) is 39.6 Å². The predicted molar refractivity (Wildman–Crippen MR) is 137 cm³/mol. The number of ether oxygens (including phenoxy) is 2. The molecule has 2 aliphatic heterocycles. The van der Waals surface area contributed by atoms with E-state index in [1.807, 2.05) is 31.3 Å². The Labute approximate surface area is 222 Å². The molecule has 1 aromatic carbocycles. The zero-order valence-corrected chi connectivity index (χ0v) is 21.5. The van der Waals surface area contributed by atoms with E-state index in [-0.39, 0.29) is 12.0 Å². The SMILES string of the molecule is CNC(=O)C1OC(n2cnc3c(NC4CN(C)C4)nc(-n4cc(-c5cccc(OC)c5)nn4)nc32)[C@H](O)[C@@H]1O. The molecule has 4 atom stereocenters. The number of likely N-dealkylation sites (tertiary alicyclic amines) is 1. The van der Waals surface area contributed by atoms with Gasteiger partial charge in [-0.1, -0.05) is 17.3 Å². The number of nitrogens with zero attached hydrogens (tertiary/aromatic N) is 8. The summed E-state index contributed by atoms with van der Waals surface area (Å²) >= 11 is 0. The highest BCUT2D eigenvalue weighted by molar-refractivity contribution is 5.84. The molecular formula is C24H28N10O5. The quantitative estimate of drug-likeness (QED) is 0.231. The van der Waals surface area contributed by atoms with E-state index in [2.05, 4.69) is 35.8 Å². The second kappa shape index (κ2) is 9.85. The highest BCUT2D eigenvalue weighted by atomic mass is 16.6. The van der Waals surface area contributed by atoms with Crippen LogP contribution in [0, 0.1) is 0 Å². The number of rotatable bonds is 7. The molecule has 0 saturated carbocycles. The summed E-state index contributed by atoms with van der Waals surface area (Å²) in [6.07, 6.45) is -2.05. The number of amides is 1. The van der Waals surface area contributed by atoms with Crippen LogP contribution in [0.1, 0.15) is 6.23 Å². The van der Waals surface area contributed by atoms with E-state index < -0.39 is 30.4 Å².